The largest absolute Gasteiger partial charge is 0.481 e. The van der Waals surface area contributed by atoms with E-state index in [4.69, 9.17) is 14.9 Å². The lowest BCUT2D eigenvalue weighted by atomic mass is 9.93. The van der Waals surface area contributed by atoms with Crippen molar-refractivity contribution >= 4 is 11.9 Å². The number of carbonyl (C=O) groups is 2. The molecule has 0 aromatic rings. The van der Waals surface area contributed by atoms with Gasteiger partial charge in [-0.3, -0.25) is 4.79 Å². The van der Waals surface area contributed by atoms with Crippen molar-refractivity contribution in [3.63, 3.8) is 0 Å². The molecule has 0 saturated heterocycles. The van der Waals surface area contributed by atoms with Crippen LogP contribution in [0.25, 0.3) is 0 Å². The summed E-state index contributed by atoms with van der Waals surface area (Å²) in [7, 11) is 0. The topological polar surface area (TPSA) is 93.1 Å². The summed E-state index contributed by atoms with van der Waals surface area (Å²) in [5.74, 6) is -2.51. The normalized spacial score (nSPS) is 14.0. The third-order valence-corrected chi connectivity index (χ3v) is 2.81. The average molecular weight is 276 g/mol. The summed E-state index contributed by atoms with van der Waals surface area (Å²) in [5, 5.41) is 18.1. The summed E-state index contributed by atoms with van der Waals surface area (Å²) < 4.78 is 0. The number of unbranched alkanes of at least 4 members (excludes halogenated alkanes) is 3. The summed E-state index contributed by atoms with van der Waals surface area (Å²) >= 11 is 0. The van der Waals surface area contributed by atoms with Crippen molar-refractivity contribution in [2.24, 2.45) is 0 Å². The summed E-state index contributed by atoms with van der Waals surface area (Å²) in [6, 6.07) is 0. The number of aliphatic carboxylic acids is 2. The minimum atomic E-state index is -1.78. The Bertz CT molecular complexity index is 278. The minimum Gasteiger partial charge on any atom is -0.481 e. The first-order valence-corrected chi connectivity index (χ1v) is 6.74. The van der Waals surface area contributed by atoms with E-state index < -0.39 is 24.0 Å². The zero-order chi connectivity index (χ0) is 14.7. The summed E-state index contributed by atoms with van der Waals surface area (Å²) in [6.45, 7) is 4.21. The molecule has 1 atom stereocenters. The smallest absolute Gasteiger partial charge is 0.340 e. The molecule has 0 aromatic heterocycles. The van der Waals surface area contributed by atoms with Crippen LogP contribution in [0.5, 0.6) is 0 Å². The van der Waals surface area contributed by atoms with Crippen molar-refractivity contribution < 1.29 is 29.6 Å². The Labute approximate surface area is 113 Å². The lowest BCUT2D eigenvalue weighted by molar-refractivity contribution is -0.356. The van der Waals surface area contributed by atoms with E-state index in [9.17, 15) is 14.7 Å². The van der Waals surface area contributed by atoms with E-state index >= 15 is 0 Å². The summed E-state index contributed by atoms with van der Waals surface area (Å²) in [6.07, 6.45) is 3.57. The first kappa shape index (κ1) is 17.9. The average Bonchev–Trinajstić information content (AvgIpc) is 2.34. The summed E-state index contributed by atoms with van der Waals surface area (Å²) in [5.41, 5.74) is -1.78. The molecule has 0 radical (unpaired) electrons. The van der Waals surface area contributed by atoms with Gasteiger partial charge in [0.15, 0.2) is 0 Å². The first-order chi connectivity index (χ1) is 8.98. The van der Waals surface area contributed by atoms with Crippen LogP contribution in [0.15, 0.2) is 0 Å². The Morgan fingerprint density at radius 3 is 2.16 bits per heavy atom. The molecule has 6 nitrogen and oxygen atoms in total. The zero-order valence-electron chi connectivity index (χ0n) is 11.7. The van der Waals surface area contributed by atoms with Crippen molar-refractivity contribution in [3.05, 3.63) is 0 Å². The fourth-order valence-corrected chi connectivity index (χ4v) is 1.65. The predicted molar refractivity (Wildman–Crippen MR) is 68.7 cm³/mol. The van der Waals surface area contributed by atoms with Gasteiger partial charge < -0.3 is 10.2 Å². The van der Waals surface area contributed by atoms with Crippen molar-refractivity contribution in [2.75, 3.05) is 6.61 Å². The van der Waals surface area contributed by atoms with Crippen LogP contribution in [0, 0.1) is 0 Å². The van der Waals surface area contributed by atoms with Gasteiger partial charge in [-0.1, -0.05) is 39.5 Å². The molecule has 0 spiro atoms. The van der Waals surface area contributed by atoms with Crippen molar-refractivity contribution in [2.45, 2.75) is 64.4 Å². The molecule has 19 heavy (non-hydrogen) atoms. The maximum atomic E-state index is 11.3. The molecule has 2 N–H and O–H groups in total. The molecule has 112 valence electrons. The van der Waals surface area contributed by atoms with Gasteiger partial charge >= 0.3 is 11.9 Å². The highest BCUT2D eigenvalue weighted by Gasteiger charge is 2.43. The molecular formula is C13H24O6. The van der Waals surface area contributed by atoms with Gasteiger partial charge in [0.25, 0.3) is 0 Å². The van der Waals surface area contributed by atoms with Crippen LogP contribution in [0.1, 0.15) is 58.8 Å². The number of hydrogen-bond acceptors (Lipinski definition) is 4. The third kappa shape index (κ3) is 7.12. The lowest BCUT2D eigenvalue weighted by Crippen LogP contribution is -2.43. The van der Waals surface area contributed by atoms with Crippen molar-refractivity contribution in [3.8, 4) is 0 Å². The molecule has 6 heteroatoms. The second-order valence-electron chi connectivity index (χ2n) is 4.59. The van der Waals surface area contributed by atoms with E-state index in [-0.39, 0.29) is 13.0 Å². The Balaban J connectivity index is 4.51. The molecule has 0 aromatic carbocycles. The number of carboxylic acid groups (broad SMARTS) is 2. The molecule has 0 aliphatic carbocycles. The van der Waals surface area contributed by atoms with Crippen LogP contribution in [-0.2, 0) is 19.4 Å². The third-order valence-electron chi connectivity index (χ3n) is 2.81. The Kier molecular flexibility index (Phi) is 9.16. The maximum Gasteiger partial charge on any atom is 0.340 e. The van der Waals surface area contributed by atoms with E-state index in [0.29, 0.717) is 6.42 Å². The highest BCUT2D eigenvalue weighted by molar-refractivity contribution is 5.83. The van der Waals surface area contributed by atoms with Crippen molar-refractivity contribution in [1.29, 1.82) is 0 Å². The SMILES string of the molecule is CCCCCOOC(CCCC)(CC(=O)O)C(=O)O. The van der Waals surface area contributed by atoms with Crippen LogP contribution in [0.2, 0.25) is 0 Å². The quantitative estimate of drug-likeness (QED) is 0.323. The maximum absolute atomic E-state index is 11.3. The van der Waals surface area contributed by atoms with Gasteiger partial charge in [0.05, 0.1) is 13.0 Å². The molecule has 1 unspecified atom stereocenters. The monoisotopic (exact) mass is 276 g/mol. The number of rotatable bonds is 12. The van der Waals surface area contributed by atoms with E-state index in [2.05, 4.69) is 0 Å². The minimum absolute atomic E-state index is 0.124. The van der Waals surface area contributed by atoms with E-state index in [1.54, 1.807) is 0 Å². The highest BCUT2D eigenvalue weighted by Crippen LogP contribution is 2.25. The Morgan fingerprint density at radius 2 is 1.68 bits per heavy atom. The first-order valence-electron chi connectivity index (χ1n) is 6.74. The van der Waals surface area contributed by atoms with Gasteiger partial charge in [-0.2, -0.15) is 0 Å². The Morgan fingerprint density at radius 1 is 1.05 bits per heavy atom. The van der Waals surface area contributed by atoms with Crippen LogP contribution in [0.4, 0.5) is 0 Å². The lowest BCUT2D eigenvalue weighted by Gasteiger charge is -2.26. The van der Waals surface area contributed by atoms with Gasteiger partial charge in [-0.25, -0.2) is 14.6 Å². The van der Waals surface area contributed by atoms with Crippen molar-refractivity contribution in [1.82, 2.24) is 0 Å². The van der Waals surface area contributed by atoms with Crippen LogP contribution < -0.4 is 0 Å². The van der Waals surface area contributed by atoms with E-state index in [1.165, 1.54) is 0 Å². The van der Waals surface area contributed by atoms with Crippen LogP contribution >= 0.6 is 0 Å². The molecule has 0 heterocycles. The molecule has 0 bridgehead atoms. The van der Waals surface area contributed by atoms with Gasteiger partial charge in [-0.05, 0) is 12.8 Å². The number of hydrogen-bond donors (Lipinski definition) is 2. The molecule has 0 amide bonds. The summed E-state index contributed by atoms with van der Waals surface area (Å²) in [4.78, 5) is 32.0. The predicted octanol–water partition coefficient (Wildman–Crippen LogP) is 2.61. The standard InChI is InChI=1S/C13H24O6/c1-3-5-7-9-18-19-13(12(16)17,8-6-4-2)10-11(14)15/h3-10H2,1-2H3,(H,14,15)(H,16,17). The fraction of sp³-hybridized carbons (Fsp3) is 0.846. The molecule has 0 aliphatic rings. The fourth-order valence-electron chi connectivity index (χ4n) is 1.65. The van der Waals surface area contributed by atoms with Crippen LogP contribution in [0.3, 0.4) is 0 Å². The molecule has 0 fully saturated rings. The van der Waals surface area contributed by atoms with Gasteiger partial charge in [0.2, 0.25) is 5.60 Å². The molecule has 0 saturated carbocycles. The van der Waals surface area contributed by atoms with Gasteiger partial charge in [0.1, 0.15) is 0 Å². The molecule has 0 rings (SSSR count). The zero-order valence-corrected chi connectivity index (χ0v) is 11.7. The van der Waals surface area contributed by atoms with Crippen LogP contribution in [-0.4, -0.2) is 34.4 Å². The Hall–Kier alpha value is -1.14. The highest BCUT2D eigenvalue weighted by atomic mass is 17.2. The molecular weight excluding hydrogens is 252 g/mol. The van der Waals surface area contributed by atoms with Gasteiger partial charge in [0, 0.05) is 0 Å². The second-order valence-corrected chi connectivity index (χ2v) is 4.59. The van der Waals surface area contributed by atoms with E-state index in [0.717, 1.165) is 25.7 Å². The van der Waals surface area contributed by atoms with Gasteiger partial charge in [-0.15, -0.1) is 0 Å². The number of carboxylic acids is 2. The second kappa shape index (κ2) is 9.75. The van der Waals surface area contributed by atoms with E-state index in [1.807, 2.05) is 13.8 Å². The molecule has 0 aliphatic heterocycles.